The van der Waals surface area contributed by atoms with E-state index in [1.807, 2.05) is 48.0 Å². The van der Waals surface area contributed by atoms with E-state index < -0.39 is 0 Å². The molecule has 0 bridgehead atoms. The topological polar surface area (TPSA) is 77.6 Å². The number of benzene rings is 1. The fourth-order valence-corrected chi connectivity index (χ4v) is 3.05. The summed E-state index contributed by atoms with van der Waals surface area (Å²) in [5.41, 5.74) is 3.65. The number of aromatic nitrogens is 5. The normalized spacial score (nSPS) is 11.3. The first kappa shape index (κ1) is 17.0. The van der Waals surface area contributed by atoms with Crippen LogP contribution in [0, 0.1) is 6.92 Å². The van der Waals surface area contributed by atoms with E-state index in [0.717, 1.165) is 22.4 Å². The Balaban J connectivity index is 1.59. The number of fused-ring (bicyclic) bond motifs is 1. The van der Waals surface area contributed by atoms with E-state index in [1.165, 1.54) is 0 Å². The minimum absolute atomic E-state index is 0.216. The van der Waals surface area contributed by atoms with Gasteiger partial charge in [-0.3, -0.25) is 4.79 Å². The van der Waals surface area contributed by atoms with Crippen LogP contribution in [0.2, 0.25) is 0 Å². The number of carbonyl (C=O) groups excluding carboxylic acids is 1. The molecule has 27 heavy (non-hydrogen) atoms. The monoisotopic (exact) mass is 360 g/mol. The lowest BCUT2D eigenvalue weighted by Gasteiger charge is -2.08. The molecule has 0 aliphatic heterocycles. The highest BCUT2D eigenvalue weighted by atomic mass is 16.1. The van der Waals surface area contributed by atoms with Crippen LogP contribution in [0.4, 0.5) is 5.69 Å². The number of pyridine rings is 1. The van der Waals surface area contributed by atoms with Gasteiger partial charge in [-0.05, 0) is 39.0 Å². The van der Waals surface area contributed by atoms with Gasteiger partial charge in [0.1, 0.15) is 0 Å². The Hall–Kier alpha value is -3.48. The second-order valence-electron chi connectivity index (χ2n) is 6.66. The van der Waals surface area contributed by atoms with Gasteiger partial charge in [0.2, 0.25) is 0 Å². The fraction of sp³-hybridized carbons (Fsp3) is 0.200. The standard InChI is InChI=1S/C20H20N6O/c1-13(2)25-19-15(10-22-25)9-16(11-21-19)24-20(27)18-12-23-26(14(18)3)17-7-5-4-6-8-17/h4-13H,1-3H3,(H,24,27). The lowest BCUT2D eigenvalue weighted by Crippen LogP contribution is -2.13. The molecule has 3 heterocycles. The van der Waals surface area contributed by atoms with E-state index in [0.29, 0.717) is 11.3 Å². The van der Waals surface area contributed by atoms with E-state index in [9.17, 15) is 4.79 Å². The summed E-state index contributed by atoms with van der Waals surface area (Å²) in [6, 6.07) is 11.8. The molecule has 1 N–H and O–H groups in total. The van der Waals surface area contributed by atoms with Gasteiger partial charge in [0.05, 0.1) is 41.2 Å². The van der Waals surface area contributed by atoms with Gasteiger partial charge in [-0.1, -0.05) is 18.2 Å². The van der Waals surface area contributed by atoms with Crippen molar-refractivity contribution in [3.63, 3.8) is 0 Å². The fourth-order valence-electron chi connectivity index (χ4n) is 3.05. The molecule has 0 saturated carbocycles. The summed E-state index contributed by atoms with van der Waals surface area (Å²) >= 11 is 0. The lowest BCUT2D eigenvalue weighted by molar-refractivity contribution is 0.102. The molecule has 1 amide bonds. The second-order valence-corrected chi connectivity index (χ2v) is 6.66. The highest BCUT2D eigenvalue weighted by molar-refractivity contribution is 6.05. The van der Waals surface area contributed by atoms with Crippen LogP contribution in [0.25, 0.3) is 16.7 Å². The molecule has 0 aliphatic carbocycles. The Bertz CT molecular complexity index is 1110. The summed E-state index contributed by atoms with van der Waals surface area (Å²) in [7, 11) is 0. The molecule has 0 fully saturated rings. The molecule has 7 heteroatoms. The van der Waals surface area contributed by atoms with Crippen molar-refractivity contribution in [1.82, 2.24) is 24.5 Å². The van der Waals surface area contributed by atoms with Crippen molar-refractivity contribution in [2.24, 2.45) is 0 Å². The lowest BCUT2D eigenvalue weighted by atomic mass is 10.2. The van der Waals surface area contributed by atoms with Crippen molar-refractivity contribution in [2.45, 2.75) is 26.8 Å². The summed E-state index contributed by atoms with van der Waals surface area (Å²) < 4.78 is 3.61. The average Bonchev–Trinajstić information content (AvgIpc) is 3.25. The van der Waals surface area contributed by atoms with Crippen LogP contribution in [-0.4, -0.2) is 30.5 Å². The number of nitrogens with one attached hydrogen (secondary N) is 1. The number of amides is 1. The first-order chi connectivity index (χ1) is 13.0. The molecular weight excluding hydrogens is 340 g/mol. The third-order valence-electron chi connectivity index (χ3n) is 4.44. The maximum Gasteiger partial charge on any atom is 0.259 e. The van der Waals surface area contributed by atoms with Crippen LogP contribution in [0.5, 0.6) is 0 Å². The summed E-state index contributed by atoms with van der Waals surface area (Å²) in [6.07, 6.45) is 4.99. The summed E-state index contributed by atoms with van der Waals surface area (Å²) in [4.78, 5) is 17.2. The summed E-state index contributed by atoms with van der Waals surface area (Å²) in [5, 5.41) is 12.5. The number of hydrogen-bond acceptors (Lipinski definition) is 4. The third kappa shape index (κ3) is 3.08. The first-order valence-electron chi connectivity index (χ1n) is 8.79. The Kier molecular flexibility index (Phi) is 4.19. The Morgan fingerprint density at radius 1 is 1.07 bits per heavy atom. The smallest absolute Gasteiger partial charge is 0.259 e. The highest BCUT2D eigenvalue weighted by Crippen LogP contribution is 2.20. The zero-order chi connectivity index (χ0) is 19.0. The van der Waals surface area contributed by atoms with E-state index >= 15 is 0 Å². The molecular formula is C20H20N6O. The van der Waals surface area contributed by atoms with E-state index in [-0.39, 0.29) is 11.9 Å². The Morgan fingerprint density at radius 3 is 2.59 bits per heavy atom. The van der Waals surface area contributed by atoms with Crippen molar-refractivity contribution in [1.29, 1.82) is 0 Å². The molecule has 0 spiro atoms. The molecule has 7 nitrogen and oxygen atoms in total. The molecule has 0 aliphatic rings. The number of hydrogen-bond donors (Lipinski definition) is 1. The zero-order valence-electron chi connectivity index (χ0n) is 15.4. The predicted molar refractivity (Wildman–Crippen MR) is 104 cm³/mol. The number of carbonyl (C=O) groups is 1. The van der Waals surface area contributed by atoms with Crippen LogP contribution < -0.4 is 5.32 Å². The highest BCUT2D eigenvalue weighted by Gasteiger charge is 2.16. The SMILES string of the molecule is Cc1c(C(=O)Nc2cnc3c(cnn3C(C)C)c2)cnn1-c1ccccc1. The maximum absolute atomic E-state index is 12.7. The van der Waals surface area contributed by atoms with E-state index in [4.69, 9.17) is 0 Å². The molecule has 0 radical (unpaired) electrons. The summed E-state index contributed by atoms with van der Waals surface area (Å²) in [5.74, 6) is -0.216. The van der Waals surface area contributed by atoms with Gasteiger partial charge in [-0.25, -0.2) is 14.3 Å². The number of nitrogens with zero attached hydrogens (tertiary/aromatic N) is 5. The van der Waals surface area contributed by atoms with Gasteiger partial charge < -0.3 is 5.32 Å². The van der Waals surface area contributed by atoms with Gasteiger partial charge in [0.15, 0.2) is 5.65 Å². The van der Waals surface area contributed by atoms with Crippen molar-refractivity contribution in [3.05, 3.63) is 66.2 Å². The average molecular weight is 360 g/mol. The van der Waals surface area contributed by atoms with Crippen molar-refractivity contribution in [2.75, 3.05) is 5.32 Å². The molecule has 3 aromatic heterocycles. The van der Waals surface area contributed by atoms with Gasteiger partial charge in [0, 0.05) is 11.4 Å². The largest absolute Gasteiger partial charge is 0.320 e. The predicted octanol–water partition coefficient (Wildman–Crippen LogP) is 3.76. The maximum atomic E-state index is 12.7. The molecule has 0 atom stereocenters. The van der Waals surface area contributed by atoms with Crippen LogP contribution in [0.1, 0.15) is 35.9 Å². The van der Waals surface area contributed by atoms with Crippen molar-refractivity contribution in [3.8, 4) is 5.69 Å². The first-order valence-corrected chi connectivity index (χ1v) is 8.79. The Morgan fingerprint density at radius 2 is 1.85 bits per heavy atom. The van der Waals surface area contributed by atoms with Crippen LogP contribution in [0.3, 0.4) is 0 Å². The molecule has 136 valence electrons. The molecule has 0 saturated heterocycles. The van der Waals surface area contributed by atoms with Crippen LogP contribution in [-0.2, 0) is 0 Å². The van der Waals surface area contributed by atoms with E-state index in [2.05, 4.69) is 34.3 Å². The van der Waals surface area contributed by atoms with Crippen molar-refractivity contribution >= 4 is 22.6 Å². The van der Waals surface area contributed by atoms with E-state index in [1.54, 1.807) is 23.3 Å². The molecule has 0 unspecified atom stereocenters. The third-order valence-corrected chi connectivity index (χ3v) is 4.44. The van der Waals surface area contributed by atoms with Gasteiger partial charge in [-0.2, -0.15) is 10.2 Å². The minimum Gasteiger partial charge on any atom is -0.320 e. The van der Waals surface area contributed by atoms with Gasteiger partial charge >= 0.3 is 0 Å². The zero-order valence-corrected chi connectivity index (χ0v) is 15.4. The van der Waals surface area contributed by atoms with Crippen molar-refractivity contribution < 1.29 is 4.79 Å². The molecule has 4 rings (SSSR count). The number of rotatable bonds is 4. The van der Waals surface area contributed by atoms with Gasteiger partial charge in [0.25, 0.3) is 5.91 Å². The van der Waals surface area contributed by atoms with Crippen LogP contribution >= 0.6 is 0 Å². The summed E-state index contributed by atoms with van der Waals surface area (Å²) in [6.45, 7) is 5.98. The minimum atomic E-state index is -0.216. The number of anilines is 1. The quantitative estimate of drug-likeness (QED) is 0.601. The Labute approximate surface area is 156 Å². The second kappa shape index (κ2) is 6.68. The molecule has 1 aromatic carbocycles. The van der Waals surface area contributed by atoms with Gasteiger partial charge in [-0.15, -0.1) is 0 Å². The number of para-hydroxylation sites is 1. The van der Waals surface area contributed by atoms with Crippen LogP contribution in [0.15, 0.2) is 55.0 Å². The molecule has 4 aromatic rings.